The van der Waals surface area contributed by atoms with Crippen LogP contribution in [0.4, 0.5) is 0 Å². The van der Waals surface area contributed by atoms with Gasteiger partial charge in [0.1, 0.15) is 0 Å². The Morgan fingerprint density at radius 3 is 2.29 bits per heavy atom. The van der Waals surface area contributed by atoms with E-state index in [9.17, 15) is 0 Å². The summed E-state index contributed by atoms with van der Waals surface area (Å²) >= 11 is 0. The standard InChI is InChI=1S/C11H24NO2/c1-9(2)14-10(3)8-11(13-5)6-7-12-4/h9-11H,6-8H2,1-5H3/q-1/t10-,11-/m0/s1. The Morgan fingerprint density at radius 2 is 1.86 bits per heavy atom. The summed E-state index contributed by atoms with van der Waals surface area (Å²) in [6.07, 6.45) is 2.76. The highest BCUT2D eigenvalue weighted by Crippen LogP contribution is 2.11. The quantitative estimate of drug-likeness (QED) is 0.606. The van der Waals surface area contributed by atoms with Gasteiger partial charge in [0.05, 0.1) is 18.3 Å². The van der Waals surface area contributed by atoms with Crippen molar-refractivity contribution in [3.63, 3.8) is 0 Å². The molecule has 0 unspecified atom stereocenters. The van der Waals surface area contributed by atoms with Gasteiger partial charge in [0.25, 0.3) is 0 Å². The molecule has 0 spiro atoms. The lowest BCUT2D eigenvalue weighted by Crippen LogP contribution is -2.23. The molecule has 0 bridgehead atoms. The van der Waals surface area contributed by atoms with Gasteiger partial charge in [-0.15, -0.1) is 6.54 Å². The van der Waals surface area contributed by atoms with Crippen molar-refractivity contribution in [3.05, 3.63) is 5.32 Å². The molecular formula is C11H24NO2-. The Balaban J connectivity index is 3.68. The van der Waals surface area contributed by atoms with Gasteiger partial charge in [-0.05, 0) is 33.6 Å². The fourth-order valence-corrected chi connectivity index (χ4v) is 1.50. The zero-order valence-electron chi connectivity index (χ0n) is 10.1. The van der Waals surface area contributed by atoms with Gasteiger partial charge in [-0.25, -0.2) is 0 Å². The van der Waals surface area contributed by atoms with E-state index in [0.717, 1.165) is 19.4 Å². The lowest BCUT2D eigenvalue weighted by Gasteiger charge is -2.23. The van der Waals surface area contributed by atoms with Gasteiger partial charge in [-0.2, -0.15) is 7.05 Å². The summed E-state index contributed by atoms with van der Waals surface area (Å²) in [5, 5.41) is 4.07. The first kappa shape index (κ1) is 13.9. The number of nitrogens with zero attached hydrogens (tertiary/aromatic N) is 1. The Bertz CT molecular complexity index is 128. The van der Waals surface area contributed by atoms with Gasteiger partial charge < -0.3 is 14.8 Å². The zero-order chi connectivity index (χ0) is 11.0. The molecule has 3 nitrogen and oxygen atoms in total. The van der Waals surface area contributed by atoms with Crippen LogP contribution in [0.1, 0.15) is 33.6 Å². The van der Waals surface area contributed by atoms with Crippen molar-refractivity contribution in [3.8, 4) is 0 Å². The Morgan fingerprint density at radius 1 is 1.21 bits per heavy atom. The number of rotatable bonds is 8. The molecule has 2 atom stereocenters. The molecule has 0 aromatic rings. The van der Waals surface area contributed by atoms with Crippen LogP contribution in [0.25, 0.3) is 5.32 Å². The van der Waals surface area contributed by atoms with E-state index >= 15 is 0 Å². The fourth-order valence-electron chi connectivity index (χ4n) is 1.50. The molecule has 3 heteroatoms. The molecule has 0 aromatic heterocycles. The van der Waals surface area contributed by atoms with E-state index < -0.39 is 0 Å². The highest BCUT2D eigenvalue weighted by atomic mass is 16.5. The second-order valence-corrected chi connectivity index (χ2v) is 3.92. The summed E-state index contributed by atoms with van der Waals surface area (Å²) in [4.78, 5) is 0. The lowest BCUT2D eigenvalue weighted by molar-refractivity contribution is -0.0210. The first-order chi connectivity index (χ1) is 6.60. The van der Waals surface area contributed by atoms with Gasteiger partial charge in [-0.1, -0.05) is 0 Å². The molecular weight excluding hydrogens is 178 g/mol. The van der Waals surface area contributed by atoms with E-state index in [1.165, 1.54) is 0 Å². The van der Waals surface area contributed by atoms with Crippen molar-refractivity contribution in [2.75, 3.05) is 20.7 Å². The van der Waals surface area contributed by atoms with Crippen molar-refractivity contribution in [2.24, 2.45) is 0 Å². The normalized spacial score (nSPS) is 15.9. The maximum absolute atomic E-state index is 5.65. The molecule has 0 aliphatic rings. The average molecular weight is 202 g/mol. The van der Waals surface area contributed by atoms with E-state index in [1.807, 2.05) is 7.05 Å². The van der Waals surface area contributed by atoms with Crippen LogP contribution in [0.3, 0.4) is 0 Å². The van der Waals surface area contributed by atoms with Gasteiger partial charge in [-0.3, -0.25) is 0 Å². The van der Waals surface area contributed by atoms with Gasteiger partial charge in [0.2, 0.25) is 0 Å². The monoisotopic (exact) mass is 202 g/mol. The minimum Gasteiger partial charge on any atom is -0.665 e. The number of ether oxygens (including phenoxy) is 2. The third-order valence-electron chi connectivity index (χ3n) is 2.11. The largest absolute Gasteiger partial charge is 0.665 e. The van der Waals surface area contributed by atoms with Crippen molar-refractivity contribution in [2.45, 2.75) is 51.9 Å². The highest BCUT2D eigenvalue weighted by Gasteiger charge is 2.12. The maximum Gasteiger partial charge on any atom is 0.0579 e. The molecule has 0 N–H and O–H groups in total. The summed E-state index contributed by atoms with van der Waals surface area (Å²) in [5.41, 5.74) is 0. The third kappa shape index (κ3) is 7.30. The molecule has 0 fully saturated rings. The molecule has 0 saturated carbocycles. The van der Waals surface area contributed by atoms with Crippen molar-refractivity contribution in [1.82, 2.24) is 0 Å². The van der Waals surface area contributed by atoms with Crippen LogP contribution >= 0.6 is 0 Å². The SMILES string of the molecule is C[N-]CC[C@@H](C[C@H](C)OC(C)C)OC. The Labute approximate surface area is 88.2 Å². The maximum atomic E-state index is 5.65. The second-order valence-electron chi connectivity index (χ2n) is 3.92. The van der Waals surface area contributed by atoms with Gasteiger partial charge in [0, 0.05) is 7.11 Å². The minimum atomic E-state index is 0.261. The average Bonchev–Trinajstić information content (AvgIpc) is 2.10. The van der Waals surface area contributed by atoms with E-state index in [2.05, 4.69) is 26.1 Å². The molecule has 14 heavy (non-hydrogen) atoms. The Kier molecular flexibility index (Phi) is 8.14. The smallest absolute Gasteiger partial charge is 0.0579 e. The van der Waals surface area contributed by atoms with Crippen LogP contribution in [0.15, 0.2) is 0 Å². The van der Waals surface area contributed by atoms with Crippen molar-refractivity contribution < 1.29 is 9.47 Å². The molecule has 86 valence electrons. The van der Waals surface area contributed by atoms with Gasteiger partial charge >= 0.3 is 0 Å². The summed E-state index contributed by atoms with van der Waals surface area (Å²) in [5.74, 6) is 0. The van der Waals surface area contributed by atoms with E-state index in [1.54, 1.807) is 7.11 Å². The summed E-state index contributed by atoms with van der Waals surface area (Å²) in [6, 6.07) is 0. The van der Waals surface area contributed by atoms with Crippen LogP contribution in [-0.4, -0.2) is 39.0 Å². The number of hydrogen-bond donors (Lipinski definition) is 0. The van der Waals surface area contributed by atoms with Crippen LogP contribution in [0, 0.1) is 0 Å². The number of methoxy groups -OCH3 is 1. The zero-order valence-corrected chi connectivity index (χ0v) is 10.1. The third-order valence-corrected chi connectivity index (χ3v) is 2.11. The van der Waals surface area contributed by atoms with E-state index in [0.29, 0.717) is 6.10 Å². The molecule has 0 saturated heterocycles. The number of hydrogen-bond acceptors (Lipinski definition) is 2. The highest BCUT2D eigenvalue weighted by molar-refractivity contribution is 4.74. The van der Waals surface area contributed by atoms with Crippen molar-refractivity contribution in [1.29, 1.82) is 0 Å². The molecule has 0 rings (SSSR count). The van der Waals surface area contributed by atoms with Crippen LogP contribution in [0.2, 0.25) is 0 Å². The molecule has 0 heterocycles. The summed E-state index contributed by atoms with van der Waals surface area (Å²) < 4.78 is 11.0. The predicted molar refractivity (Wildman–Crippen MR) is 59.9 cm³/mol. The predicted octanol–water partition coefficient (Wildman–Crippen LogP) is 2.60. The van der Waals surface area contributed by atoms with Crippen LogP contribution in [-0.2, 0) is 9.47 Å². The second kappa shape index (κ2) is 8.21. The summed E-state index contributed by atoms with van der Waals surface area (Å²) in [6.45, 7) is 7.07. The first-order valence-corrected chi connectivity index (χ1v) is 5.34. The fraction of sp³-hybridized carbons (Fsp3) is 1.00. The Hall–Kier alpha value is -0.120. The summed E-state index contributed by atoms with van der Waals surface area (Å²) in [7, 11) is 3.59. The van der Waals surface area contributed by atoms with Crippen LogP contribution < -0.4 is 0 Å². The molecule has 0 aliphatic heterocycles. The van der Waals surface area contributed by atoms with Crippen molar-refractivity contribution >= 4 is 0 Å². The van der Waals surface area contributed by atoms with Gasteiger partial charge in [0.15, 0.2) is 0 Å². The molecule has 0 aliphatic carbocycles. The van der Waals surface area contributed by atoms with E-state index in [4.69, 9.17) is 9.47 Å². The first-order valence-electron chi connectivity index (χ1n) is 5.34. The minimum absolute atomic E-state index is 0.261. The lowest BCUT2D eigenvalue weighted by atomic mass is 10.1. The molecule has 0 aromatic carbocycles. The molecule has 0 radical (unpaired) electrons. The van der Waals surface area contributed by atoms with E-state index in [-0.39, 0.29) is 12.2 Å². The molecule has 0 amide bonds. The van der Waals surface area contributed by atoms with Crippen LogP contribution in [0.5, 0.6) is 0 Å². The topological polar surface area (TPSA) is 32.6 Å².